The van der Waals surface area contributed by atoms with Crippen LogP contribution in [0.25, 0.3) is 11.1 Å². The van der Waals surface area contributed by atoms with Crippen LogP contribution in [0.15, 0.2) is 66.7 Å². The standard InChI is InChI=1S/C25H21Cl2NO4/c26-17-10-9-15(23(27)12-17)11-16(24(29)30)13-28-25(31)32-14-22-20-7-3-1-5-18(20)19-6-2-4-8-21(19)22/h1-10,12,16,22H,11,13-14H2,(H,28,31)(H,29,30). The Hall–Kier alpha value is -3.02. The second-order valence-electron chi connectivity index (χ2n) is 7.68. The number of rotatable bonds is 7. The Bertz CT molecular complexity index is 1120. The van der Waals surface area contributed by atoms with Crippen molar-refractivity contribution < 1.29 is 19.4 Å². The van der Waals surface area contributed by atoms with Crippen molar-refractivity contribution in [2.45, 2.75) is 12.3 Å². The quantitative estimate of drug-likeness (QED) is 0.460. The van der Waals surface area contributed by atoms with Gasteiger partial charge in [0.25, 0.3) is 0 Å². The molecule has 1 amide bonds. The average Bonchev–Trinajstić information content (AvgIpc) is 3.10. The van der Waals surface area contributed by atoms with Gasteiger partial charge in [0.2, 0.25) is 0 Å². The van der Waals surface area contributed by atoms with Crippen molar-refractivity contribution in [1.82, 2.24) is 5.32 Å². The molecule has 0 radical (unpaired) electrons. The Morgan fingerprint density at radius 3 is 2.19 bits per heavy atom. The van der Waals surface area contributed by atoms with Crippen molar-refractivity contribution in [2.24, 2.45) is 5.92 Å². The molecule has 0 heterocycles. The normalized spacial score (nSPS) is 13.2. The first kappa shape index (κ1) is 22.2. The minimum Gasteiger partial charge on any atom is -0.481 e. The second kappa shape index (κ2) is 9.63. The molecule has 164 valence electrons. The fourth-order valence-electron chi connectivity index (χ4n) is 4.06. The number of benzene rings is 3. The van der Waals surface area contributed by atoms with Gasteiger partial charge in [-0.3, -0.25) is 4.79 Å². The molecular weight excluding hydrogens is 449 g/mol. The molecule has 4 rings (SSSR count). The van der Waals surface area contributed by atoms with Crippen molar-refractivity contribution in [3.05, 3.63) is 93.5 Å². The Kier molecular flexibility index (Phi) is 6.68. The van der Waals surface area contributed by atoms with Crippen LogP contribution in [-0.2, 0) is 16.0 Å². The van der Waals surface area contributed by atoms with Gasteiger partial charge >= 0.3 is 12.1 Å². The highest BCUT2D eigenvalue weighted by molar-refractivity contribution is 6.35. The van der Waals surface area contributed by atoms with Gasteiger partial charge in [0, 0.05) is 22.5 Å². The molecule has 1 aliphatic rings. The van der Waals surface area contributed by atoms with Gasteiger partial charge in [0.05, 0.1) is 5.92 Å². The lowest BCUT2D eigenvalue weighted by molar-refractivity contribution is -0.141. The summed E-state index contributed by atoms with van der Waals surface area (Å²) in [4.78, 5) is 24.0. The number of carbonyl (C=O) groups is 2. The highest BCUT2D eigenvalue weighted by Crippen LogP contribution is 2.44. The lowest BCUT2D eigenvalue weighted by Gasteiger charge is -2.17. The lowest BCUT2D eigenvalue weighted by Crippen LogP contribution is -2.35. The van der Waals surface area contributed by atoms with E-state index < -0.39 is 18.0 Å². The lowest BCUT2D eigenvalue weighted by atomic mass is 9.98. The number of amides is 1. The maximum Gasteiger partial charge on any atom is 0.407 e. The van der Waals surface area contributed by atoms with E-state index in [1.807, 2.05) is 36.4 Å². The number of carboxylic acid groups (broad SMARTS) is 1. The molecule has 3 aromatic carbocycles. The Morgan fingerprint density at radius 2 is 1.59 bits per heavy atom. The van der Waals surface area contributed by atoms with Crippen molar-refractivity contribution in [2.75, 3.05) is 13.2 Å². The van der Waals surface area contributed by atoms with Gasteiger partial charge in [-0.2, -0.15) is 0 Å². The maximum absolute atomic E-state index is 12.3. The van der Waals surface area contributed by atoms with E-state index in [0.29, 0.717) is 15.6 Å². The summed E-state index contributed by atoms with van der Waals surface area (Å²) in [7, 11) is 0. The molecule has 0 saturated heterocycles. The number of nitrogens with one attached hydrogen (secondary N) is 1. The number of carbonyl (C=O) groups excluding carboxylic acids is 1. The number of ether oxygens (including phenoxy) is 1. The van der Waals surface area contributed by atoms with Gasteiger partial charge in [0.1, 0.15) is 6.61 Å². The molecule has 0 spiro atoms. The monoisotopic (exact) mass is 469 g/mol. The molecule has 3 aromatic rings. The van der Waals surface area contributed by atoms with Gasteiger partial charge in [-0.15, -0.1) is 0 Å². The zero-order valence-electron chi connectivity index (χ0n) is 17.1. The number of carboxylic acids is 1. The molecule has 7 heteroatoms. The number of fused-ring (bicyclic) bond motifs is 3. The molecule has 1 atom stereocenters. The number of aliphatic carboxylic acids is 1. The SMILES string of the molecule is O=C(NCC(Cc1ccc(Cl)cc1Cl)C(=O)O)OCC1c2ccccc2-c2ccccc21. The molecule has 2 N–H and O–H groups in total. The Balaban J connectivity index is 1.37. The van der Waals surface area contributed by atoms with E-state index in [1.165, 1.54) is 0 Å². The molecule has 0 saturated carbocycles. The van der Waals surface area contributed by atoms with Gasteiger partial charge in [0.15, 0.2) is 0 Å². The molecule has 0 bridgehead atoms. The smallest absolute Gasteiger partial charge is 0.407 e. The fraction of sp³-hybridized carbons (Fsp3) is 0.200. The summed E-state index contributed by atoms with van der Waals surface area (Å²) in [6.07, 6.45) is -0.491. The highest BCUT2D eigenvalue weighted by Gasteiger charge is 2.29. The number of hydrogen-bond acceptors (Lipinski definition) is 3. The largest absolute Gasteiger partial charge is 0.481 e. The first-order valence-electron chi connectivity index (χ1n) is 10.2. The Labute approximate surface area is 195 Å². The van der Waals surface area contributed by atoms with Crippen LogP contribution in [0, 0.1) is 5.92 Å². The number of hydrogen-bond donors (Lipinski definition) is 2. The average molecular weight is 470 g/mol. The maximum atomic E-state index is 12.3. The zero-order chi connectivity index (χ0) is 22.7. The zero-order valence-corrected chi connectivity index (χ0v) is 18.6. The van der Waals surface area contributed by atoms with Crippen molar-refractivity contribution >= 4 is 35.3 Å². The predicted molar refractivity (Wildman–Crippen MR) is 124 cm³/mol. The van der Waals surface area contributed by atoms with Crippen LogP contribution in [0.2, 0.25) is 10.0 Å². The van der Waals surface area contributed by atoms with Crippen molar-refractivity contribution in [3.8, 4) is 11.1 Å². The molecule has 1 unspecified atom stereocenters. The summed E-state index contributed by atoms with van der Waals surface area (Å²) in [6, 6.07) is 21.0. The van der Waals surface area contributed by atoms with Crippen LogP contribution in [0.4, 0.5) is 4.79 Å². The minimum atomic E-state index is -1.03. The third kappa shape index (κ3) is 4.74. The van der Waals surface area contributed by atoms with Gasteiger partial charge in [-0.25, -0.2) is 4.79 Å². The summed E-state index contributed by atoms with van der Waals surface area (Å²) in [5, 5.41) is 13.0. The topological polar surface area (TPSA) is 75.6 Å². The third-order valence-electron chi connectivity index (χ3n) is 5.67. The summed E-state index contributed by atoms with van der Waals surface area (Å²) < 4.78 is 5.47. The van der Waals surface area contributed by atoms with Crippen molar-refractivity contribution in [3.63, 3.8) is 0 Å². The first-order valence-corrected chi connectivity index (χ1v) is 10.9. The molecular formula is C25H21Cl2NO4. The van der Waals surface area contributed by atoms with Crippen LogP contribution < -0.4 is 5.32 Å². The molecule has 0 aromatic heterocycles. The van der Waals surface area contributed by atoms with E-state index >= 15 is 0 Å². The van der Waals surface area contributed by atoms with Gasteiger partial charge < -0.3 is 15.2 Å². The van der Waals surface area contributed by atoms with E-state index in [4.69, 9.17) is 27.9 Å². The van der Waals surface area contributed by atoms with E-state index in [2.05, 4.69) is 17.4 Å². The van der Waals surface area contributed by atoms with Crippen LogP contribution in [0.3, 0.4) is 0 Å². The first-order chi connectivity index (χ1) is 15.4. The van der Waals surface area contributed by atoms with E-state index in [9.17, 15) is 14.7 Å². The molecule has 0 fully saturated rings. The van der Waals surface area contributed by atoms with Crippen LogP contribution in [0.1, 0.15) is 22.6 Å². The van der Waals surface area contributed by atoms with Crippen molar-refractivity contribution in [1.29, 1.82) is 0 Å². The van der Waals surface area contributed by atoms with E-state index in [1.54, 1.807) is 18.2 Å². The molecule has 32 heavy (non-hydrogen) atoms. The molecule has 5 nitrogen and oxygen atoms in total. The number of halogens is 2. The van der Waals surface area contributed by atoms with E-state index in [0.717, 1.165) is 22.3 Å². The summed E-state index contributed by atoms with van der Waals surface area (Å²) in [5.74, 6) is -1.94. The highest BCUT2D eigenvalue weighted by atomic mass is 35.5. The van der Waals surface area contributed by atoms with Gasteiger partial charge in [-0.05, 0) is 46.4 Å². The van der Waals surface area contributed by atoms with Crippen LogP contribution >= 0.6 is 23.2 Å². The predicted octanol–water partition coefficient (Wildman–Crippen LogP) is 5.78. The van der Waals surface area contributed by atoms with Crippen LogP contribution in [-0.4, -0.2) is 30.3 Å². The molecule has 1 aliphatic carbocycles. The summed E-state index contributed by atoms with van der Waals surface area (Å²) >= 11 is 12.1. The second-order valence-corrected chi connectivity index (χ2v) is 8.53. The fourth-order valence-corrected chi connectivity index (χ4v) is 4.54. The van der Waals surface area contributed by atoms with E-state index in [-0.39, 0.29) is 25.5 Å². The third-order valence-corrected chi connectivity index (χ3v) is 6.25. The Morgan fingerprint density at radius 1 is 0.969 bits per heavy atom. The minimum absolute atomic E-state index is 0.0590. The summed E-state index contributed by atoms with van der Waals surface area (Å²) in [6.45, 7) is 0.0889. The number of alkyl carbamates (subject to hydrolysis) is 1. The summed E-state index contributed by atoms with van der Waals surface area (Å²) in [5.41, 5.74) is 5.16. The van der Waals surface area contributed by atoms with Crippen LogP contribution in [0.5, 0.6) is 0 Å². The molecule has 0 aliphatic heterocycles. The van der Waals surface area contributed by atoms with Gasteiger partial charge in [-0.1, -0.05) is 77.8 Å².